The molecule has 2 N–H and O–H groups in total. The SMILES string of the molecule is CCNC(=NCC(CC)Oc1ccccc1Cl)NCCS(=O)(=O)C(C)(C)C.I. The second-order valence-electron chi connectivity index (χ2n) is 7.16. The van der Waals surface area contributed by atoms with E-state index in [1.807, 2.05) is 32.0 Å². The van der Waals surface area contributed by atoms with Crippen molar-refractivity contribution >= 4 is 51.4 Å². The minimum Gasteiger partial charge on any atom is -0.487 e. The average Bonchev–Trinajstić information content (AvgIpc) is 2.58. The van der Waals surface area contributed by atoms with Gasteiger partial charge in [0.2, 0.25) is 0 Å². The fourth-order valence-corrected chi connectivity index (χ4v) is 3.28. The molecule has 6 nitrogen and oxygen atoms in total. The van der Waals surface area contributed by atoms with E-state index >= 15 is 0 Å². The van der Waals surface area contributed by atoms with Gasteiger partial charge in [0.15, 0.2) is 15.8 Å². The van der Waals surface area contributed by atoms with Gasteiger partial charge >= 0.3 is 0 Å². The molecule has 1 rings (SSSR count). The van der Waals surface area contributed by atoms with Crippen molar-refractivity contribution in [2.45, 2.75) is 51.9 Å². The molecule has 0 aliphatic rings. The zero-order chi connectivity index (χ0) is 20.5. The molecule has 1 aromatic rings. The van der Waals surface area contributed by atoms with Gasteiger partial charge in [-0.3, -0.25) is 0 Å². The van der Waals surface area contributed by atoms with Crippen LogP contribution >= 0.6 is 35.6 Å². The monoisotopic (exact) mass is 545 g/mol. The summed E-state index contributed by atoms with van der Waals surface area (Å²) >= 11 is 6.14. The topological polar surface area (TPSA) is 79.8 Å². The zero-order valence-electron chi connectivity index (χ0n) is 17.3. The Morgan fingerprint density at radius 3 is 2.39 bits per heavy atom. The summed E-state index contributed by atoms with van der Waals surface area (Å²) in [5, 5.41) is 6.77. The first-order valence-electron chi connectivity index (χ1n) is 9.26. The smallest absolute Gasteiger partial charge is 0.191 e. The zero-order valence-corrected chi connectivity index (χ0v) is 21.2. The van der Waals surface area contributed by atoms with E-state index in [1.54, 1.807) is 26.8 Å². The molecule has 1 unspecified atom stereocenters. The lowest BCUT2D eigenvalue weighted by Gasteiger charge is -2.20. The van der Waals surface area contributed by atoms with Gasteiger partial charge in [0, 0.05) is 13.1 Å². The van der Waals surface area contributed by atoms with Crippen molar-refractivity contribution in [2.24, 2.45) is 4.99 Å². The van der Waals surface area contributed by atoms with Gasteiger partial charge in [-0.2, -0.15) is 0 Å². The molecule has 0 fully saturated rings. The Morgan fingerprint density at radius 1 is 1.21 bits per heavy atom. The fourth-order valence-electron chi connectivity index (χ4n) is 2.11. The second-order valence-corrected chi connectivity index (χ2v) is 10.4. The van der Waals surface area contributed by atoms with Crippen LogP contribution in [-0.2, 0) is 9.84 Å². The van der Waals surface area contributed by atoms with Crippen LogP contribution in [0.15, 0.2) is 29.3 Å². The number of para-hydroxylation sites is 1. The standard InChI is InChI=1S/C19H32ClN3O3S.HI/c1-6-15(26-17-11-9-8-10-16(17)20)14-23-18(21-7-2)22-12-13-27(24,25)19(3,4)5;/h8-11,15H,6-7,12-14H2,1-5H3,(H2,21,22,23);1H. The molecular formula is C19H33ClIN3O3S. The van der Waals surface area contributed by atoms with E-state index in [-0.39, 0.29) is 35.8 Å². The van der Waals surface area contributed by atoms with E-state index < -0.39 is 14.6 Å². The summed E-state index contributed by atoms with van der Waals surface area (Å²) < 4.78 is 29.6. The van der Waals surface area contributed by atoms with E-state index in [0.717, 1.165) is 6.42 Å². The lowest BCUT2D eigenvalue weighted by molar-refractivity contribution is 0.206. The Bertz CT molecular complexity index is 721. The summed E-state index contributed by atoms with van der Waals surface area (Å²) in [5.74, 6) is 1.26. The number of benzene rings is 1. The van der Waals surface area contributed by atoms with Gasteiger partial charge < -0.3 is 15.4 Å². The number of halogens is 2. The normalized spacial score (nSPS) is 13.4. The Labute approximate surface area is 191 Å². The van der Waals surface area contributed by atoms with Gasteiger partial charge in [-0.15, -0.1) is 24.0 Å². The van der Waals surface area contributed by atoms with Crippen LogP contribution in [0.3, 0.4) is 0 Å². The molecule has 0 aromatic heterocycles. The van der Waals surface area contributed by atoms with Gasteiger partial charge in [-0.25, -0.2) is 13.4 Å². The Hall–Kier alpha value is -0.740. The van der Waals surface area contributed by atoms with Crippen LogP contribution < -0.4 is 15.4 Å². The van der Waals surface area contributed by atoms with Crippen molar-refractivity contribution in [3.05, 3.63) is 29.3 Å². The molecule has 162 valence electrons. The molecule has 1 atom stereocenters. The maximum absolute atomic E-state index is 12.2. The summed E-state index contributed by atoms with van der Waals surface area (Å²) in [4.78, 5) is 4.52. The number of nitrogens with zero attached hydrogens (tertiary/aromatic N) is 1. The van der Waals surface area contributed by atoms with Crippen LogP contribution in [0.4, 0.5) is 0 Å². The Morgan fingerprint density at radius 2 is 1.86 bits per heavy atom. The third-order valence-electron chi connectivity index (χ3n) is 3.98. The van der Waals surface area contributed by atoms with Gasteiger partial charge in [0.25, 0.3) is 0 Å². The van der Waals surface area contributed by atoms with E-state index in [2.05, 4.69) is 15.6 Å². The van der Waals surface area contributed by atoms with E-state index in [1.165, 1.54) is 0 Å². The van der Waals surface area contributed by atoms with Crippen LogP contribution in [0, 0.1) is 0 Å². The van der Waals surface area contributed by atoms with Gasteiger partial charge in [-0.1, -0.05) is 30.7 Å². The number of guanidine groups is 1. The van der Waals surface area contributed by atoms with Crippen LogP contribution in [0.1, 0.15) is 41.0 Å². The van der Waals surface area contributed by atoms with Crippen molar-refractivity contribution < 1.29 is 13.2 Å². The number of rotatable bonds is 9. The number of sulfone groups is 1. The van der Waals surface area contributed by atoms with E-state index in [0.29, 0.717) is 36.4 Å². The first-order valence-corrected chi connectivity index (χ1v) is 11.3. The average molecular weight is 546 g/mol. The number of hydrogen-bond acceptors (Lipinski definition) is 4. The number of ether oxygens (including phenoxy) is 1. The molecule has 0 heterocycles. The summed E-state index contributed by atoms with van der Waals surface area (Å²) in [6.45, 7) is 10.5. The molecule has 0 aliphatic heterocycles. The van der Waals surface area contributed by atoms with Crippen molar-refractivity contribution in [3.63, 3.8) is 0 Å². The highest BCUT2D eigenvalue weighted by Gasteiger charge is 2.28. The molecule has 0 saturated heterocycles. The van der Waals surface area contributed by atoms with Crippen molar-refractivity contribution in [3.8, 4) is 5.75 Å². The predicted octanol–water partition coefficient (Wildman–Crippen LogP) is 3.88. The van der Waals surface area contributed by atoms with Crippen LogP contribution in [-0.4, -0.2) is 50.6 Å². The van der Waals surface area contributed by atoms with Crippen LogP contribution in [0.25, 0.3) is 0 Å². The minimum atomic E-state index is -3.17. The molecule has 28 heavy (non-hydrogen) atoms. The van der Waals surface area contributed by atoms with Gasteiger partial charge in [0.05, 0.1) is 22.1 Å². The maximum atomic E-state index is 12.2. The van der Waals surface area contributed by atoms with Gasteiger partial charge in [0.1, 0.15) is 11.9 Å². The highest BCUT2D eigenvalue weighted by atomic mass is 127. The Kier molecular flexibility index (Phi) is 12.4. The molecule has 0 aliphatic carbocycles. The molecule has 0 radical (unpaired) electrons. The molecule has 0 saturated carbocycles. The number of nitrogens with one attached hydrogen (secondary N) is 2. The number of aliphatic imine (C=N–C) groups is 1. The Balaban J connectivity index is 0.00000729. The molecule has 0 bridgehead atoms. The first-order chi connectivity index (χ1) is 12.6. The highest BCUT2D eigenvalue weighted by Crippen LogP contribution is 2.24. The quantitative estimate of drug-likeness (QED) is 0.280. The number of hydrogen-bond donors (Lipinski definition) is 2. The molecular weight excluding hydrogens is 513 g/mol. The van der Waals surface area contributed by atoms with Crippen molar-refractivity contribution in [2.75, 3.05) is 25.4 Å². The molecule has 0 spiro atoms. The fraction of sp³-hybridized carbons (Fsp3) is 0.632. The predicted molar refractivity (Wildman–Crippen MR) is 129 cm³/mol. The maximum Gasteiger partial charge on any atom is 0.191 e. The lowest BCUT2D eigenvalue weighted by atomic mass is 10.2. The minimum absolute atomic E-state index is 0. The summed E-state index contributed by atoms with van der Waals surface area (Å²) in [5.41, 5.74) is 0. The van der Waals surface area contributed by atoms with E-state index in [9.17, 15) is 8.42 Å². The lowest BCUT2D eigenvalue weighted by Crippen LogP contribution is -2.42. The van der Waals surface area contributed by atoms with Crippen LogP contribution in [0.2, 0.25) is 5.02 Å². The summed E-state index contributed by atoms with van der Waals surface area (Å²) in [6, 6.07) is 7.34. The second kappa shape index (κ2) is 12.7. The molecule has 9 heteroatoms. The van der Waals surface area contributed by atoms with Crippen molar-refractivity contribution in [1.29, 1.82) is 0 Å². The molecule has 0 amide bonds. The highest BCUT2D eigenvalue weighted by molar-refractivity contribution is 14.0. The third-order valence-corrected chi connectivity index (χ3v) is 6.90. The third kappa shape index (κ3) is 9.17. The van der Waals surface area contributed by atoms with E-state index in [4.69, 9.17) is 16.3 Å². The first kappa shape index (κ1) is 27.3. The van der Waals surface area contributed by atoms with Gasteiger partial charge in [-0.05, 0) is 46.2 Å². The summed E-state index contributed by atoms with van der Waals surface area (Å²) in [6.07, 6.45) is 0.644. The summed E-state index contributed by atoms with van der Waals surface area (Å²) in [7, 11) is -3.17. The van der Waals surface area contributed by atoms with Crippen LogP contribution in [0.5, 0.6) is 5.75 Å². The largest absolute Gasteiger partial charge is 0.487 e. The van der Waals surface area contributed by atoms with Crippen molar-refractivity contribution in [1.82, 2.24) is 10.6 Å². The molecule has 1 aromatic carbocycles.